The van der Waals surface area contributed by atoms with Crippen molar-refractivity contribution in [3.05, 3.63) is 68.9 Å². The SMILES string of the molecule is CCc1ccsc1C(N)c1ccc(Cl)c2ccccc12. The molecular formula is C17H16ClNS. The molecule has 1 heterocycles. The zero-order valence-electron chi connectivity index (χ0n) is 11.3. The molecule has 2 N–H and O–H groups in total. The van der Waals surface area contributed by atoms with Crippen molar-refractivity contribution in [2.75, 3.05) is 0 Å². The van der Waals surface area contributed by atoms with E-state index < -0.39 is 0 Å². The molecule has 0 spiro atoms. The van der Waals surface area contributed by atoms with E-state index in [0.717, 1.165) is 27.8 Å². The average molecular weight is 302 g/mol. The molecule has 2 aromatic carbocycles. The first kappa shape index (κ1) is 13.6. The van der Waals surface area contributed by atoms with Gasteiger partial charge in [0.05, 0.1) is 6.04 Å². The Balaban J connectivity index is 2.17. The zero-order chi connectivity index (χ0) is 14.1. The number of aryl methyl sites for hydroxylation is 1. The van der Waals surface area contributed by atoms with Gasteiger partial charge in [0, 0.05) is 15.3 Å². The van der Waals surface area contributed by atoms with E-state index in [1.165, 1.54) is 10.4 Å². The van der Waals surface area contributed by atoms with Crippen LogP contribution in [0.15, 0.2) is 47.8 Å². The van der Waals surface area contributed by atoms with Gasteiger partial charge in [-0.1, -0.05) is 48.9 Å². The summed E-state index contributed by atoms with van der Waals surface area (Å²) < 4.78 is 0. The first-order valence-electron chi connectivity index (χ1n) is 6.71. The normalized spacial score (nSPS) is 12.8. The van der Waals surface area contributed by atoms with Crippen LogP contribution in [0.3, 0.4) is 0 Å². The molecule has 0 amide bonds. The van der Waals surface area contributed by atoms with Gasteiger partial charge in [-0.3, -0.25) is 0 Å². The Morgan fingerprint density at radius 3 is 2.60 bits per heavy atom. The van der Waals surface area contributed by atoms with Crippen molar-refractivity contribution in [2.45, 2.75) is 19.4 Å². The minimum atomic E-state index is -0.0906. The molecule has 1 unspecified atom stereocenters. The summed E-state index contributed by atoms with van der Waals surface area (Å²) in [4.78, 5) is 1.25. The Morgan fingerprint density at radius 2 is 1.85 bits per heavy atom. The van der Waals surface area contributed by atoms with Crippen molar-refractivity contribution in [2.24, 2.45) is 5.73 Å². The van der Waals surface area contributed by atoms with Crippen molar-refractivity contribution in [3.8, 4) is 0 Å². The van der Waals surface area contributed by atoms with E-state index in [-0.39, 0.29) is 6.04 Å². The summed E-state index contributed by atoms with van der Waals surface area (Å²) in [5.74, 6) is 0. The van der Waals surface area contributed by atoms with Gasteiger partial charge in [0.1, 0.15) is 0 Å². The molecule has 3 aromatic rings. The van der Waals surface area contributed by atoms with Crippen LogP contribution in [0.1, 0.15) is 29.0 Å². The van der Waals surface area contributed by atoms with Gasteiger partial charge in [-0.15, -0.1) is 11.3 Å². The Labute approximate surface area is 128 Å². The molecule has 3 rings (SSSR count). The molecule has 1 nitrogen and oxygen atoms in total. The molecule has 0 aliphatic rings. The van der Waals surface area contributed by atoms with Crippen LogP contribution in [-0.4, -0.2) is 0 Å². The fourth-order valence-electron chi connectivity index (χ4n) is 2.61. The van der Waals surface area contributed by atoms with E-state index in [1.54, 1.807) is 11.3 Å². The third kappa shape index (κ3) is 2.24. The second-order valence-electron chi connectivity index (χ2n) is 4.82. The lowest BCUT2D eigenvalue weighted by atomic mass is 9.96. The summed E-state index contributed by atoms with van der Waals surface area (Å²) in [6, 6.07) is 14.2. The zero-order valence-corrected chi connectivity index (χ0v) is 12.8. The molecule has 0 radical (unpaired) electrons. The van der Waals surface area contributed by atoms with Gasteiger partial charge in [-0.05, 0) is 40.4 Å². The molecule has 0 fully saturated rings. The number of halogens is 1. The van der Waals surface area contributed by atoms with Gasteiger partial charge in [-0.25, -0.2) is 0 Å². The molecule has 1 aromatic heterocycles. The second-order valence-corrected chi connectivity index (χ2v) is 6.18. The van der Waals surface area contributed by atoms with Crippen LogP contribution < -0.4 is 5.73 Å². The second kappa shape index (κ2) is 5.57. The molecular weight excluding hydrogens is 286 g/mol. The van der Waals surface area contributed by atoms with E-state index in [9.17, 15) is 0 Å². The predicted octanol–water partition coefficient (Wildman–Crippen LogP) is 5.17. The largest absolute Gasteiger partial charge is 0.320 e. The highest BCUT2D eigenvalue weighted by Crippen LogP contribution is 2.34. The maximum absolute atomic E-state index is 6.52. The van der Waals surface area contributed by atoms with Crippen molar-refractivity contribution >= 4 is 33.7 Å². The summed E-state index contributed by atoms with van der Waals surface area (Å²) in [7, 11) is 0. The smallest absolute Gasteiger partial charge is 0.0654 e. The fraction of sp³-hybridized carbons (Fsp3) is 0.176. The predicted molar refractivity (Wildman–Crippen MR) is 88.7 cm³/mol. The minimum Gasteiger partial charge on any atom is -0.320 e. The number of thiophene rings is 1. The number of benzene rings is 2. The molecule has 0 aliphatic carbocycles. The summed E-state index contributed by atoms with van der Waals surface area (Å²) in [6.45, 7) is 2.16. The van der Waals surface area contributed by atoms with Gasteiger partial charge in [0.25, 0.3) is 0 Å². The van der Waals surface area contributed by atoms with E-state index in [0.29, 0.717) is 0 Å². The van der Waals surface area contributed by atoms with E-state index in [4.69, 9.17) is 17.3 Å². The van der Waals surface area contributed by atoms with Crippen LogP contribution in [0.25, 0.3) is 10.8 Å². The number of nitrogens with two attached hydrogens (primary N) is 1. The Morgan fingerprint density at radius 1 is 1.10 bits per heavy atom. The van der Waals surface area contributed by atoms with E-state index in [1.807, 2.05) is 24.3 Å². The molecule has 1 atom stereocenters. The lowest BCUT2D eigenvalue weighted by Gasteiger charge is -2.16. The van der Waals surface area contributed by atoms with Crippen molar-refractivity contribution in [3.63, 3.8) is 0 Å². The van der Waals surface area contributed by atoms with Gasteiger partial charge in [0.15, 0.2) is 0 Å². The summed E-state index contributed by atoms with van der Waals surface area (Å²) in [5.41, 5.74) is 9.00. The first-order chi connectivity index (χ1) is 9.72. The maximum atomic E-state index is 6.52. The topological polar surface area (TPSA) is 26.0 Å². The highest BCUT2D eigenvalue weighted by atomic mass is 35.5. The number of fused-ring (bicyclic) bond motifs is 1. The standard InChI is InChI=1S/C17H16ClNS/c1-2-11-9-10-20-17(11)16(19)14-7-8-15(18)13-6-4-3-5-12(13)14/h3-10,16H,2,19H2,1H3. The monoisotopic (exact) mass is 301 g/mol. The van der Waals surface area contributed by atoms with Crippen LogP contribution >= 0.6 is 22.9 Å². The minimum absolute atomic E-state index is 0.0906. The average Bonchev–Trinajstić information content (AvgIpc) is 2.96. The van der Waals surface area contributed by atoms with Crippen LogP contribution in [0.4, 0.5) is 0 Å². The summed E-state index contributed by atoms with van der Waals surface area (Å²) >= 11 is 8.01. The van der Waals surface area contributed by atoms with E-state index >= 15 is 0 Å². The van der Waals surface area contributed by atoms with Crippen molar-refractivity contribution < 1.29 is 0 Å². The fourth-order valence-corrected chi connectivity index (χ4v) is 3.85. The molecule has 3 heteroatoms. The third-order valence-corrected chi connectivity index (χ3v) is 5.06. The lowest BCUT2D eigenvalue weighted by Crippen LogP contribution is -2.12. The molecule has 20 heavy (non-hydrogen) atoms. The summed E-state index contributed by atoms with van der Waals surface area (Å²) in [5, 5.41) is 5.10. The third-order valence-electron chi connectivity index (χ3n) is 3.68. The van der Waals surface area contributed by atoms with Crippen molar-refractivity contribution in [1.29, 1.82) is 0 Å². The van der Waals surface area contributed by atoms with Crippen LogP contribution in [-0.2, 0) is 6.42 Å². The van der Waals surface area contributed by atoms with Gasteiger partial charge in [0.2, 0.25) is 0 Å². The van der Waals surface area contributed by atoms with Crippen LogP contribution in [0, 0.1) is 0 Å². The Hall–Kier alpha value is -1.35. The van der Waals surface area contributed by atoms with Crippen molar-refractivity contribution in [1.82, 2.24) is 0 Å². The molecule has 102 valence electrons. The number of hydrogen-bond acceptors (Lipinski definition) is 2. The van der Waals surface area contributed by atoms with Gasteiger partial charge >= 0.3 is 0 Å². The quantitative estimate of drug-likeness (QED) is 0.710. The van der Waals surface area contributed by atoms with Crippen LogP contribution in [0.2, 0.25) is 5.02 Å². The number of rotatable bonds is 3. The molecule has 0 aliphatic heterocycles. The van der Waals surface area contributed by atoms with E-state index in [2.05, 4.69) is 30.5 Å². The Bertz CT molecular complexity index is 748. The molecule has 0 saturated heterocycles. The van der Waals surface area contributed by atoms with Gasteiger partial charge < -0.3 is 5.73 Å². The first-order valence-corrected chi connectivity index (χ1v) is 7.97. The summed E-state index contributed by atoms with van der Waals surface area (Å²) in [6.07, 6.45) is 1.01. The maximum Gasteiger partial charge on any atom is 0.0654 e. The molecule has 0 saturated carbocycles. The Kier molecular flexibility index (Phi) is 3.79. The van der Waals surface area contributed by atoms with Crippen LogP contribution in [0.5, 0.6) is 0 Å². The highest BCUT2D eigenvalue weighted by Gasteiger charge is 2.17. The molecule has 0 bridgehead atoms. The highest BCUT2D eigenvalue weighted by molar-refractivity contribution is 7.10. The van der Waals surface area contributed by atoms with Gasteiger partial charge in [-0.2, -0.15) is 0 Å². The number of hydrogen-bond donors (Lipinski definition) is 1. The lowest BCUT2D eigenvalue weighted by molar-refractivity contribution is 0.883.